The first kappa shape index (κ1) is 17.3. The van der Waals surface area contributed by atoms with E-state index in [1.165, 1.54) is 0 Å². The zero-order chi connectivity index (χ0) is 15.9. The van der Waals surface area contributed by atoms with Crippen LogP contribution in [-0.4, -0.2) is 19.8 Å². The highest BCUT2D eigenvalue weighted by atomic mass is 35.6. The summed E-state index contributed by atoms with van der Waals surface area (Å²) >= 11 is 35.8. The lowest BCUT2D eigenvalue weighted by atomic mass is 9.98. The van der Waals surface area contributed by atoms with Gasteiger partial charge in [-0.3, -0.25) is 0 Å². The number of nitrogens with zero attached hydrogens (tertiary/aromatic N) is 2. The third-order valence-electron chi connectivity index (χ3n) is 2.77. The highest BCUT2D eigenvalue weighted by Gasteiger charge is 2.54. The van der Waals surface area contributed by atoms with Crippen molar-refractivity contribution in [3.8, 4) is 0 Å². The lowest BCUT2D eigenvalue weighted by Gasteiger charge is -2.40. The largest absolute Gasteiger partial charge is 0.398 e. The van der Waals surface area contributed by atoms with E-state index in [1.807, 2.05) is 0 Å². The minimum Gasteiger partial charge on any atom is -0.398 e. The number of nitrogen functional groups attached to an aromatic ring is 1. The molecule has 1 aromatic rings. The lowest BCUT2D eigenvalue weighted by Crippen LogP contribution is -2.57. The standard InChI is InChI=1S/C11H8Cl6N4/c12-10(13,14)8-19-5-20-9(21-8,11(15,16)17)6-3-1-2-4-7(6)18/h1-5H,18H2,(H,19,20,21). The molecule has 1 unspecified atom stereocenters. The second-order valence-electron chi connectivity index (χ2n) is 4.14. The number of halogens is 6. The van der Waals surface area contributed by atoms with Crippen LogP contribution in [0, 0.1) is 0 Å². The van der Waals surface area contributed by atoms with Gasteiger partial charge in [-0.2, -0.15) is 0 Å². The van der Waals surface area contributed by atoms with E-state index in [0.717, 1.165) is 6.34 Å². The SMILES string of the molecule is Nc1ccccc1C1(C(Cl)(Cl)Cl)N=CN=C(C(Cl)(Cl)Cl)N1. The van der Waals surface area contributed by atoms with Crippen LogP contribution in [-0.2, 0) is 5.66 Å². The number of benzene rings is 1. The van der Waals surface area contributed by atoms with E-state index in [1.54, 1.807) is 24.3 Å². The van der Waals surface area contributed by atoms with Gasteiger partial charge in [0.25, 0.3) is 0 Å². The van der Waals surface area contributed by atoms with Gasteiger partial charge in [0.1, 0.15) is 6.34 Å². The van der Waals surface area contributed by atoms with Gasteiger partial charge >= 0.3 is 0 Å². The zero-order valence-electron chi connectivity index (χ0n) is 10.1. The molecule has 0 aliphatic carbocycles. The molecule has 1 atom stereocenters. The maximum absolute atomic E-state index is 6.11. The molecule has 21 heavy (non-hydrogen) atoms. The first-order valence-corrected chi connectivity index (χ1v) is 7.73. The Morgan fingerprint density at radius 2 is 1.67 bits per heavy atom. The zero-order valence-corrected chi connectivity index (χ0v) is 14.7. The smallest absolute Gasteiger partial charge is 0.247 e. The summed E-state index contributed by atoms with van der Waals surface area (Å²) in [6, 6.07) is 6.76. The highest BCUT2D eigenvalue weighted by molar-refractivity contribution is 6.77. The normalized spacial score (nSPS) is 22.7. The molecule has 0 saturated carbocycles. The van der Waals surface area contributed by atoms with Crippen LogP contribution >= 0.6 is 69.6 Å². The van der Waals surface area contributed by atoms with Crippen LogP contribution in [0.4, 0.5) is 5.69 Å². The van der Waals surface area contributed by atoms with Crippen LogP contribution < -0.4 is 11.1 Å². The van der Waals surface area contributed by atoms with Gasteiger partial charge in [0, 0.05) is 11.3 Å². The number of anilines is 1. The molecule has 1 aliphatic heterocycles. The Labute approximate surface area is 151 Å². The molecule has 0 radical (unpaired) electrons. The van der Waals surface area contributed by atoms with E-state index in [2.05, 4.69) is 15.3 Å². The fraction of sp³-hybridized carbons (Fsp3) is 0.273. The molecule has 1 aromatic carbocycles. The van der Waals surface area contributed by atoms with Crippen LogP contribution in [0.1, 0.15) is 5.56 Å². The summed E-state index contributed by atoms with van der Waals surface area (Å²) in [6.45, 7) is 0. The number of alkyl halides is 6. The monoisotopic (exact) mass is 406 g/mol. The van der Waals surface area contributed by atoms with Crippen molar-refractivity contribution in [1.29, 1.82) is 0 Å². The van der Waals surface area contributed by atoms with Crippen molar-refractivity contribution in [3.05, 3.63) is 29.8 Å². The Kier molecular flexibility index (Phi) is 4.80. The molecule has 1 heterocycles. The van der Waals surface area contributed by atoms with E-state index >= 15 is 0 Å². The van der Waals surface area contributed by atoms with Gasteiger partial charge in [-0.15, -0.1) is 0 Å². The molecule has 4 nitrogen and oxygen atoms in total. The first-order chi connectivity index (χ1) is 9.58. The van der Waals surface area contributed by atoms with Gasteiger partial charge in [-0.05, 0) is 6.07 Å². The molecular formula is C11H8Cl6N4. The van der Waals surface area contributed by atoms with E-state index in [-0.39, 0.29) is 5.84 Å². The third kappa shape index (κ3) is 3.31. The van der Waals surface area contributed by atoms with Crippen molar-refractivity contribution in [2.75, 3.05) is 5.73 Å². The molecule has 0 amide bonds. The summed E-state index contributed by atoms with van der Waals surface area (Å²) in [4.78, 5) is 8.02. The first-order valence-electron chi connectivity index (χ1n) is 5.46. The Hall–Kier alpha value is -0.100. The molecule has 0 fully saturated rings. The van der Waals surface area contributed by atoms with E-state index in [0.29, 0.717) is 11.3 Å². The van der Waals surface area contributed by atoms with Crippen LogP contribution in [0.5, 0.6) is 0 Å². The predicted molar refractivity (Wildman–Crippen MR) is 92.2 cm³/mol. The Balaban J connectivity index is 2.61. The van der Waals surface area contributed by atoms with Crippen LogP contribution in [0.3, 0.4) is 0 Å². The number of nitrogens with two attached hydrogens (primary N) is 1. The lowest BCUT2D eigenvalue weighted by molar-refractivity contribution is 0.417. The van der Waals surface area contributed by atoms with E-state index < -0.39 is 13.2 Å². The molecule has 0 spiro atoms. The summed E-state index contributed by atoms with van der Waals surface area (Å²) in [5.41, 5.74) is 5.17. The van der Waals surface area contributed by atoms with Crippen LogP contribution in [0.2, 0.25) is 0 Å². The minimum atomic E-state index is -1.92. The molecule has 0 aromatic heterocycles. The highest BCUT2D eigenvalue weighted by Crippen LogP contribution is 2.49. The quantitative estimate of drug-likeness (QED) is 0.540. The van der Waals surface area contributed by atoms with Gasteiger partial charge < -0.3 is 11.1 Å². The summed E-state index contributed by atoms with van der Waals surface area (Å²) in [5.74, 6) is -0.0305. The Morgan fingerprint density at radius 3 is 2.19 bits per heavy atom. The van der Waals surface area contributed by atoms with Gasteiger partial charge in [0.05, 0.1) is 0 Å². The second-order valence-corrected chi connectivity index (χ2v) is 8.70. The van der Waals surface area contributed by atoms with Gasteiger partial charge in [-0.1, -0.05) is 87.8 Å². The summed E-state index contributed by atoms with van der Waals surface area (Å²) in [6.07, 6.45) is 1.15. The summed E-state index contributed by atoms with van der Waals surface area (Å²) in [5, 5.41) is 2.78. The number of hydrogen-bond donors (Lipinski definition) is 2. The fourth-order valence-electron chi connectivity index (χ4n) is 1.81. The summed E-state index contributed by atoms with van der Waals surface area (Å²) < 4.78 is -3.76. The average Bonchev–Trinajstić information content (AvgIpc) is 2.37. The van der Waals surface area contributed by atoms with Crippen molar-refractivity contribution in [2.45, 2.75) is 13.2 Å². The average molecular weight is 409 g/mol. The molecule has 0 bridgehead atoms. The van der Waals surface area contributed by atoms with E-state index in [9.17, 15) is 0 Å². The molecule has 0 saturated heterocycles. The predicted octanol–water partition coefficient (Wildman–Crippen LogP) is 4.19. The molecule has 2 rings (SSSR count). The van der Waals surface area contributed by atoms with Crippen molar-refractivity contribution in [2.24, 2.45) is 9.98 Å². The molecule has 114 valence electrons. The fourth-order valence-corrected chi connectivity index (χ4v) is 2.69. The maximum atomic E-state index is 6.11. The van der Waals surface area contributed by atoms with Gasteiger partial charge in [-0.25, -0.2) is 9.98 Å². The van der Waals surface area contributed by atoms with Crippen LogP contribution in [0.15, 0.2) is 34.3 Å². The Morgan fingerprint density at radius 1 is 1.05 bits per heavy atom. The number of hydrogen-bond acceptors (Lipinski definition) is 4. The number of para-hydroxylation sites is 1. The maximum Gasteiger partial charge on any atom is 0.247 e. The molecule has 10 heteroatoms. The molecule has 1 aliphatic rings. The topological polar surface area (TPSA) is 62.8 Å². The molecule has 3 N–H and O–H groups in total. The van der Waals surface area contributed by atoms with Crippen molar-refractivity contribution in [1.82, 2.24) is 5.32 Å². The molecular weight excluding hydrogens is 401 g/mol. The number of nitrogens with one attached hydrogen (secondary N) is 1. The van der Waals surface area contributed by atoms with Crippen molar-refractivity contribution >= 4 is 87.5 Å². The van der Waals surface area contributed by atoms with Crippen molar-refractivity contribution in [3.63, 3.8) is 0 Å². The third-order valence-corrected chi connectivity index (χ3v) is 4.12. The number of amidine groups is 1. The Bertz CT molecular complexity index is 603. The number of rotatable bonds is 1. The summed E-state index contributed by atoms with van der Waals surface area (Å²) in [7, 11) is 0. The van der Waals surface area contributed by atoms with Gasteiger partial charge in [0.2, 0.25) is 13.2 Å². The minimum absolute atomic E-state index is 0.0305. The second kappa shape index (κ2) is 5.84. The van der Waals surface area contributed by atoms with Crippen LogP contribution in [0.25, 0.3) is 0 Å². The van der Waals surface area contributed by atoms with Gasteiger partial charge in [0.15, 0.2) is 5.84 Å². The van der Waals surface area contributed by atoms with Crippen molar-refractivity contribution < 1.29 is 0 Å². The van der Waals surface area contributed by atoms with E-state index in [4.69, 9.17) is 75.3 Å². The number of aliphatic imine (C=N–C) groups is 2.